The second kappa shape index (κ2) is 4.48. The molecule has 1 atom stereocenters. The van der Waals surface area contributed by atoms with Crippen molar-refractivity contribution in [2.24, 2.45) is 0 Å². The van der Waals surface area contributed by atoms with Crippen LogP contribution in [0.2, 0.25) is 0 Å². The zero-order valence-corrected chi connectivity index (χ0v) is 12.2. The Kier molecular flexibility index (Phi) is 2.97. The van der Waals surface area contributed by atoms with Crippen LogP contribution in [-0.2, 0) is 15.1 Å². The minimum absolute atomic E-state index is 0.0144. The topological polar surface area (TPSA) is 66.8 Å². The summed E-state index contributed by atoms with van der Waals surface area (Å²) in [7, 11) is 0. The maximum Gasteiger partial charge on any atom is 0.334 e. The van der Waals surface area contributed by atoms with Crippen LogP contribution in [0, 0.1) is 0 Å². The van der Waals surface area contributed by atoms with Gasteiger partial charge >= 0.3 is 5.97 Å². The van der Waals surface area contributed by atoms with Crippen LogP contribution < -0.4 is 4.74 Å². The fraction of sp³-hybridized carbons (Fsp3) is 0.500. The third-order valence-corrected chi connectivity index (χ3v) is 4.25. The minimum Gasteiger partial charge on any atom is -0.487 e. The molecule has 3 rings (SSSR count). The Bertz CT molecular complexity index is 594. The number of fused-ring (bicyclic) bond motifs is 1. The van der Waals surface area contributed by atoms with Gasteiger partial charge in [-0.3, -0.25) is 4.79 Å². The van der Waals surface area contributed by atoms with E-state index >= 15 is 0 Å². The van der Waals surface area contributed by atoms with E-state index in [2.05, 4.69) is 0 Å². The molecule has 5 heteroatoms. The average molecular weight is 289 g/mol. The van der Waals surface area contributed by atoms with E-state index in [0.717, 1.165) is 12.8 Å². The fourth-order valence-electron chi connectivity index (χ4n) is 3.31. The summed E-state index contributed by atoms with van der Waals surface area (Å²) in [6.45, 7) is 3.72. The summed E-state index contributed by atoms with van der Waals surface area (Å²) in [6, 6.07) is 7.13. The van der Waals surface area contributed by atoms with Crippen LogP contribution in [0.1, 0.15) is 38.7 Å². The molecule has 0 bridgehead atoms. The van der Waals surface area contributed by atoms with Gasteiger partial charge in [0.2, 0.25) is 6.41 Å². The number of ether oxygens (including phenoxy) is 1. The Morgan fingerprint density at radius 1 is 1.38 bits per heavy atom. The van der Waals surface area contributed by atoms with Gasteiger partial charge in [-0.2, -0.15) is 0 Å². The number of carbonyl (C=O) groups is 2. The monoisotopic (exact) mass is 289 g/mol. The highest BCUT2D eigenvalue weighted by atomic mass is 16.5. The van der Waals surface area contributed by atoms with Gasteiger partial charge in [0.15, 0.2) is 5.54 Å². The van der Waals surface area contributed by atoms with Gasteiger partial charge in [-0.25, -0.2) is 4.79 Å². The van der Waals surface area contributed by atoms with Gasteiger partial charge in [-0.05, 0) is 32.8 Å². The molecule has 1 aromatic rings. The molecule has 1 fully saturated rings. The first-order valence-corrected chi connectivity index (χ1v) is 7.16. The summed E-state index contributed by atoms with van der Waals surface area (Å²) < 4.78 is 5.91. The number of carboxylic acids is 1. The Morgan fingerprint density at radius 2 is 2.05 bits per heavy atom. The number of carbonyl (C=O) groups excluding carboxylic acids is 1. The van der Waals surface area contributed by atoms with E-state index in [1.165, 1.54) is 4.90 Å². The van der Waals surface area contributed by atoms with E-state index in [0.29, 0.717) is 17.7 Å². The lowest BCUT2D eigenvalue weighted by molar-refractivity contribution is -0.163. The smallest absolute Gasteiger partial charge is 0.334 e. The van der Waals surface area contributed by atoms with Gasteiger partial charge in [0, 0.05) is 18.0 Å². The summed E-state index contributed by atoms with van der Waals surface area (Å²) in [4.78, 5) is 25.3. The van der Waals surface area contributed by atoms with Crippen LogP contribution in [0.4, 0.5) is 0 Å². The summed E-state index contributed by atoms with van der Waals surface area (Å²) in [5.41, 5.74) is -1.43. The van der Waals surface area contributed by atoms with E-state index in [1.54, 1.807) is 18.2 Å². The van der Waals surface area contributed by atoms with Gasteiger partial charge in [-0.1, -0.05) is 18.2 Å². The fourth-order valence-corrected chi connectivity index (χ4v) is 3.31. The molecule has 21 heavy (non-hydrogen) atoms. The van der Waals surface area contributed by atoms with Crippen LogP contribution in [-0.4, -0.2) is 34.0 Å². The number of carboxylic acid groups (broad SMARTS) is 1. The molecule has 5 nitrogen and oxygen atoms in total. The molecule has 1 unspecified atom stereocenters. The van der Waals surface area contributed by atoms with Gasteiger partial charge in [0.05, 0.1) is 0 Å². The van der Waals surface area contributed by atoms with Gasteiger partial charge < -0.3 is 14.7 Å². The van der Waals surface area contributed by atoms with Crippen molar-refractivity contribution in [2.45, 2.75) is 50.3 Å². The normalized spacial score (nSPS) is 26.4. The third kappa shape index (κ3) is 2.07. The zero-order valence-electron chi connectivity index (χ0n) is 12.2. The lowest BCUT2D eigenvalue weighted by Gasteiger charge is -2.48. The SMILES string of the molecule is CC1(C)CC(C(=O)O)(N(C=O)C2CC2)c2ccccc2O1. The number of aliphatic carboxylic acids is 1. The summed E-state index contributed by atoms with van der Waals surface area (Å²) in [5, 5.41) is 9.99. The lowest BCUT2D eigenvalue weighted by Crippen LogP contribution is -2.59. The van der Waals surface area contributed by atoms with Crippen molar-refractivity contribution in [3.05, 3.63) is 29.8 Å². The van der Waals surface area contributed by atoms with Crippen LogP contribution in [0.25, 0.3) is 0 Å². The Hall–Kier alpha value is -2.04. The first-order chi connectivity index (χ1) is 9.90. The van der Waals surface area contributed by atoms with Crippen LogP contribution in [0.15, 0.2) is 24.3 Å². The predicted molar refractivity (Wildman–Crippen MR) is 76.0 cm³/mol. The second-order valence-electron chi connectivity index (χ2n) is 6.44. The Labute approximate surface area is 123 Å². The highest BCUT2D eigenvalue weighted by Crippen LogP contribution is 2.49. The standard InChI is InChI=1S/C16H19NO4/c1-15(2)9-16(14(19)20,17(10-18)11-7-8-11)12-5-3-4-6-13(12)21-15/h3-6,10-11H,7-9H2,1-2H3,(H,19,20). The molecule has 1 N–H and O–H groups in total. The number of para-hydroxylation sites is 1. The number of nitrogens with zero attached hydrogens (tertiary/aromatic N) is 1. The van der Waals surface area contributed by atoms with Crippen molar-refractivity contribution in [3.63, 3.8) is 0 Å². The van der Waals surface area contributed by atoms with Crippen molar-refractivity contribution in [1.82, 2.24) is 4.90 Å². The highest BCUT2D eigenvalue weighted by Gasteiger charge is 2.57. The molecule has 1 heterocycles. The number of hydrogen-bond donors (Lipinski definition) is 1. The van der Waals surface area contributed by atoms with Crippen molar-refractivity contribution in [3.8, 4) is 5.75 Å². The predicted octanol–water partition coefficient (Wildman–Crippen LogP) is 2.15. The summed E-state index contributed by atoms with van der Waals surface area (Å²) in [5.74, 6) is -0.450. The molecule has 1 aromatic carbocycles. The van der Waals surface area contributed by atoms with Gasteiger partial charge in [0.1, 0.15) is 11.4 Å². The van der Waals surface area contributed by atoms with Crippen LogP contribution in [0.5, 0.6) is 5.75 Å². The number of benzene rings is 1. The molecule has 112 valence electrons. The van der Waals surface area contributed by atoms with E-state index < -0.39 is 17.1 Å². The van der Waals surface area contributed by atoms with E-state index in [-0.39, 0.29) is 12.5 Å². The molecule has 0 spiro atoms. The molecule has 0 radical (unpaired) electrons. The van der Waals surface area contributed by atoms with E-state index in [1.807, 2.05) is 19.9 Å². The molecule has 0 aromatic heterocycles. The molecule has 1 aliphatic carbocycles. The lowest BCUT2D eigenvalue weighted by atomic mass is 9.76. The molecule has 0 saturated heterocycles. The maximum absolute atomic E-state index is 12.2. The zero-order chi connectivity index (χ0) is 15.3. The van der Waals surface area contributed by atoms with Crippen molar-refractivity contribution < 1.29 is 19.4 Å². The van der Waals surface area contributed by atoms with Crippen molar-refractivity contribution in [1.29, 1.82) is 0 Å². The van der Waals surface area contributed by atoms with Gasteiger partial charge in [0.25, 0.3) is 0 Å². The van der Waals surface area contributed by atoms with Crippen molar-refractivity contribution in [2.75, 3.05) is 0 Å². The van der Waals surface area contributed by atoms with Gasteiger partial charge in [-0.15, -0.1) is 0 Å². The molecule has 1 aliphatic heterocycles. The average Bonchev–Trinajstić information content (AvgIpc) is 3.22. The molecule has 1 saturated carbocycles. The second-order valence-corrected chi connectivity index (χ2v) is 6.44. The maximum atomic E-state index is 12.2. The minimum atomic E-state index is -1.35. The van der Waals surface area contributed by atoms with E-state index in [9.17, 15) is 14.7 Å². The van der Waals surface area contributed by atoms with Crippen molar-refractivity contribution >= 4 is 12.4 Å². The molecule has 2 aliphatic rings. The molecular weight excluding hydrogens is 270 g/mol. The number of rotatable bonds is 4. The van der Waals surface area contributed by atoms with Crippen LogP contribution in [0.3, 0.4) is 0 Å². The van der Waals surface area contributed by atoms with E-state index in [4.69, 9.17) is 4.74 Å². The summed E-state index contributed by atoms with van der Waals surface area (Å²) in [6.07, 6.45) is 2.64. The number of amides is 1. The highest BCUT2D eigenvalue weighted by molar-refractivity contribution is 5.85. The number of hydrogen-bond acceptors (Lipinski definition) is 3. The Morgan fingerprint density at radius 3 is 2.62 bits per heavy atom. The first-order valence-electron chi connectivity index (χ1n) is 7.16. The molecular formula is C16H19NO4. The summed E-state index contributed by atoms with van der Waals surface area (Å²) >= 11 is 0. The third-order valence-electron chi connectivity index (χ3n) is 4.25. The quantitative estimate of drug-likeness (QED) is 0.862. The largest absolute Gasteiger partial charge is 0.487 e. The Balaban J connectivity index is 2.22. The van der Waals surface area contributed by atoms with Crippen LogP contribution >= 0.6 is 0 Å². The first kappa shape index (κ1) is 13.9. The molecule has 1 amide bonds.